The van der Waals surface area contributed by atoms with Crippen LogP contribution in [0, 0.1) is 0 Å². The number of carbonyl (C=O) groups is 1. The molecule has 0 aromatic heterocycles. The average Bonchev–Trinajstić information content (AvgIpc) is 2.35. The molecule has 0 bridgehead atoms. The Morgan fingerprint density at radius 2 is 1.89 bits per heavy atom. The van der Waals surface area contributed by atoms with Crippen LogP contribution in [-0.2, 0) is 10.2 Å². The fraction of sp³-hybridized carbons (Fsp3) is 0.800. The van der Waals surface area contributed by atoms with Gasteiger partial charge >= 0.3 is 16.2 Å². The second-order valence-electron chi connectivity index (χ2n) is 4.49. The van der Waals surface area contributed by atoms with E-state index in [1.807, 2.05) is 0 Å². The van der Waals surface area contributed by atoms with Crippen LogP contribution >= 0.6 is 11.8 Å². The number of hydrogen-bond acceptors (Lipinski definition) is 4. The lowest BCUT2D eigenvalue weighted by Gasteiger charge is -2.37. The van der Waals surface area contributed by atoms with E-state index in [0.29, 0.717) is 0 Å². The van der Waals surface area contributed by atoms with Crippen LogP contribution in [0.3, 0.4) is 0 Å². The molecule has 1 saturated carbocycles. The van der Waals surface area contributed by atoms with Crippen LogP contribution in [-0.4, -0.2) is 48.2 Å². The van der Waals surface area contributed by atoms with Crippen molar-refractivity contribution in [3.05, 3.63) is 0 Å². The Hall–Kier alpha value is -0.760. The molecule has 1 aliphatic carbocycles. The van der Waals surface area contributed by atoms with Gasteiger partial charge in [-0.3, -0.25) is 4.90 Å². The van der Waals surface area contributed by atoms with E-state index >= 15 is 0 Å². The number of nitrogens with zero attached hydrogens (tertiary/aromatic N) is 3. The highest BCUT2D eigenvalue weighted by Gasteiger charge is 2.41. The van der Waals surface area contributed by atoms with Crippen molar-refractivity contribution in [2.24, 2.45) is 4.40 Å². The Morgan fingerprint density at radius 1 is 1.28 bits per heavy atom. The Balaban J connectivity index is 2.35. The maximum atomic E-state index is 12.2. The van der Waals surface area contributed by atoms with Gasteiger partial charge in [0.05, 0.1) is 6.04 Å². The fourth-order valence-corrected chi connectivity index (χ4v) is 4.61. The minimum absolute atomic E-state index is 0.229. The summed E-state index contributed by atoms with van der Waals surface area (Å²) in [7, 11) is -2.30. The molecule has 6 nitrogen and oxygen atoms in total. The zero-order valence-electron chi connectivity index (χ0n) is 10.5. The molecular weight excluding hydrogens is 274 g/mol. The molecule has 0 N–H and O–H groups in total. The summed E-state index contributed by atoms with van der Waals surface area (Å²) >= 11 is 1.16. The number of hydrogen-bond donors (Lipinski definition) is 0. The van der Waals surface area contributed by atoms with Crippen molar-refractivity contribution >= 4 is 33.2 Å². The highest BCUT2D eigenvalue weighted by Crippen LogP contribution is 2.29. The molecule has 0 saturated heterocycles. The van der Waals surface area contributed by atoms with Crippen LogP contribution in [0.5, 0.6) is 0 Å². The van der Waals surface area contributed by atoms with E-state index in [4.69, 9.17) is 0 Å². The summed E-state index contributed by atoms with van der Waals surface area (Å²) in [6.07, 6.45) is 6.22. The highest BCUT2D eigenvalue weighted by molar-refractivity contribution is 8.13. The number of urea groups is 1. The van der Waals surface area contributed by atoms with Crippen LogP contribution in [0.4, 0.5) is 4.79 Å². The third kappa shape index (κ3) is 2.35. The summed E-state index contributed by atoms with van der Waals surface area (Å²) in [4.78, 5) is 13.5. The number of thioether (sulfide) groups is 1. The first kappa shape index (κ1) is 13.7. The third-order valence-corrected chi connectivity index (χ3v) is 5.49. The van der Waals surface area contributed by atoms with E-state index in [9.17, 15) is 13.2 Å². The van der Waals surface area contributed by atoms with E-state index in [1.165, 1.54) is 4.90 Å². The van der Waals surface area contributed by atoms with Gasteiger partial charge in [-0.25, -0.2) is 4.79 Å². The fourth-order valence-electron chi connectivity index (χ4n) is 2.37. The first-order valence-electron chi connectivity index (χ1n) is 5.93. The normalized spacial score (nSPS) is 25.2. The molecule has 8 heteroatoms. The smallest absolute Gasteiger partial charge is 0.274 e. The van der Waals surface area contributed by atoms with E-state index < -0.39 is 16.2 Å². The molecule has 0 atom stereocenters. The Morgan fingerprint density at radius 3 is 2.44 bits per heavy atom. The number of rotatable bonds is 1. The van der Waals surface area contributed by atoms with Crippen LogP contribution in [0.15, 0.2) is 4.40 Å². The molecule has 0 spiro atoms. The van der Waals surface area contributed by atoms with Crippen molar-refractivity contribution in [1.29, 1.82) is 0 Å². The minimum Gasteiger partial charge on any atom is -0.274 e. The third-order valence-electron chi connectivity index (χ3n) is 3.29. The van der Waals surface area contributed by atoms with Gasteiger partial charge in [0.2, 0.25) is 0 Å². The highest BCUT2D eigenvalue weighted by atomic mass is 32.2. The molecule has 1 heterocycles. The van der Waals surface area contributed by atoms with Crippen LogP contribution in [0.1, 0.15) is 32.1 Å². The first-order chi connectivity index (χ1) is 8.47. The molecule has 1 fully saturated rings. The maximum absolute atomic E-state index is 12.2. The Kier molecular flexibility index (Phi) is 3.86. The molecule has 2 amide bonds. The van der Waals surface area contributed by atoms with Crippen molar-refractivity contribution in [2.75, 3.05) is 13.3 Å². The zero-order valence-corrected chi connectivity index (χ0v) is 12.1. The molecule has 1 aliphatic heterocycles. The minimum atomic E-state index is -3.86. The van der Waals surface area contributed by atoms with E-state index in [0.717, 1.165) is 48.2 Å². The number of carbonyl (C=O) groups excluding carboxylic acids is 1. The second kappa shape index (κ2) is 5.08. The lowest BCUT2D eigenvalue weighted by molar-refractivity contribution is 0.183. The Labute approximate surface area is 112 Å². The molecule has 0 radical (unpaired) electrons. The molecule has 2 aliphatic rings. The van der Waals surface area contributed by atoms with E-state index in [2.05, 4.69) is 4.40 Å². The van der Waals surface area contributed by atoms with Gasteiger partial charge in [-0.1, -0.05) is 31.0 Å². The van der Waals surface area contributed by atoms with Gasteiger partial charge in [-0.05, 0) is 19.1 Å². The first-order valence-corrected chi connectivity index (χ1v) is 8.55. The standard InChI is InChI=1S/C10H17N3O3S2/c1-12-9(17-2)11-18(15,16)13(10(12)14)8-6-4-3-5-7-8/h8H,3-7H2,1-2H3. The van der Waals surface area contributed by atoms with Gasteiger partial charge in [0.1, 0.15) is 0 Å². The summed E-state index contributed by atoms with van der Waals surface area (Å²) in [6, 6.07) is -0.716. The molecule has 102 valence electrons. The van der Waals surface area contributed by atoms with Crippen molar-refractivity contribution in [1.82, 2.24) is 9.21 Å². The van der Waals surface area contributed by atoms with Crippen molar-refractivity contribution < 1.29 is 13.2 Å². The molecule has 0 aromatic rings. The largest absolute Gasteiger partial charge is 0.351 e. The SMILES string of the molecule is CSC1=NS(=O)(=O)N(C2CCCCC2)C(=O)N1C. The van der Waals surface area contributed by atoms with Crippen molar-refractivity contribution in [3.8, 4) is 0 Å². The van der Waals surface area contributed by atoms with Crippen molar-refractivity contribution in [2.45, 2.75) is 38.1 Å². The summed E-state index contributed by atoms with van der Waals surface area (Å²) in [5.74, 6) is 0. The van der Waals surface area contributed by atoms with Crippen LogP contribution < -0.4 is 0 Å². The number of amides is 2. The molecule has 2 rings (SSSR count). The van der Waals surface area contributed by atoms with Gasteiger partial charge in [-0.2, -0.15) is 12.7 Å². The molecule has 0 unspecified atom stereocenters. The molecular formula is C10H17N3O3S2. The monoisotopic (exact) mass is 291 g/mol. The summed E-state index contributed by atoms with van der Waals surface area (Å²) in [5, 5.41) is 0.229. The topological polar surface area (TPSA) is 70.0 Å². The second-order valence-corrected chi connectivity index (χ2v) is 6.73. The van der Waals surface area contributed by atoms with Crippen molar-refractivity contribution in [3.63, 3.8) is 0 Å². The maximum Gasteiger partial charge on any atom is 0.351 e. The van der Waals surface area contributed by atoms with Gasteiger partial charge in [0.15, 0.2) is 5.17 Å². The predicted octanol–water partition coefficient (Wildman–Crippen LogP) is 1.65. The summed E-state index contributed by atoms with van der Waals surface area (Å²) in [6.45, 7) is 0. The zero-order chi connectivity index (χ0) is 13.3. The quantitative estimate of drug-likeness (QED) is 0.736. The van der Waals surface area contributed by atoms with Gasteiger partial charge < -0.3 is 0 Å². The average molecular weight is 291 g/mol. The van der Waals surface area contributed by atoms with Gasteiger partial charge in [0.25, 0.3) is 0 Å². The van der Waals surface area contributed by atoms with Gasteiger partial charge in [0, 0.05) is 7.05 Å². The summed E-state index contributed by atoms with van der Waals surface area (Å²) in [5.41, 5.74) is 0. The number of amidine groups is 1. The van der Waals surface area contributed by atoms with Crippen LogP contribution in [0.2, 0.25) is 0 Å². The van der Waals surface area contributed by atoms with Crippen LogP contribution in [0.25, 0.3) is 0 Å². The molecule has 0 aromatic carbocycles. The van der Waals surface area contributed by atoms with Gasteiger partial charge in [-0.15, -0.1) is 4.40 Å². The predicted molar refractivity (Wildman–Crippen MR) is 71.7 cm³/mol. The lowest BCUT2D eigenvalue weighted by Crippen LogP contribution is -2.54. The lowest BCUT2D eigenvalue weighted by atomic mass is 9.96. The molecule has 18 heavy (non-hydrogen) atoms. The Bertz CT molecular complexity index is 469. The van der Waals surface area contributed by atoms with E-state index in [1.54, 1.807) is 13.3 Å². The summed E-state index contributed by atoms with van der Waals surface area (Å²) < 4.78 is 28.8. The van der Waals surface area contributed by atoms with E-state index in [-0.39, 0.29) is 11.2 Å².